The number of aryl methyl sites for hydroxylation is 2. The molecule has 3 rings (SSSR count). The topological polar surface area (TPSA) is 50.2 Å². The number of aliphatic hydroxyl groups excluding tert-OH is 1. The molecule has 0 aliphatic rings. The fourth-order valence-electron chi connectivity index (χ4n) is 3.27. The molecular formula is C27H34IrNO2-. The van der Waals surface area contributed by atoms with Crippen LogP contribution in [0.15, 0.2) is 54.4 Å². The summed E-state index contributed by atoms with van der Waals surface area (Å²) in [7, 11) is 0. The van der Waals surface area contributed by atoms with E-state index in [1.807, 2.05) is 6.20 Å². The molecule has 0 fully saturated rings. The van der Waals surface area contributed by atoms with Crippen molar-refractivity contribution in [3.63, 3.8) is 0 Å². The average Bonchev–Trinajstić information content (AvgIpc) is 2.65. The van der Waals surface area contributed by atoms with E-state index in [2.05, 4.69) is 75.1 Å². The molecule has 0 bridgehead atoms. The summed E-state index contributed by atoms with van der Waals surface area (Å²) in [5, 5.41) is 10.8. The van der Waals surface area contributed by atoms with Crippen LogP contribution in [0.1, 0.15) is 64.2 Å². The van der Waals surface area contributed by atoms with Crippen LogP contribution in [0.3, 0.4) is 0 Å². The Balaban J connectivity index is 0.000000875. The molecule has 1 N–H and O–H groups in total. The average molecular weight is 597 g/mol. The summed E-state index contributed by atoms with van der Waals surface area (Å²) in [5.74, 6) is 0.529. The molecule has 1 heterocycles. The number of fused-ring (bicyclic) bond motifs is 1. The molecule has 4 heteroatoms. The standard InChI is InChI=1S/C21H22N.C5H8O2.CH4.Ir/c1-5-16(4)17-6-7-20-18(13-17)8-9-22-21(20)19-11-14(2)10-15(3)12-19;1-4(6)3-5(2)7;;/h6-11,13,16H,5H2,1-4H3;3,6H,1-2H3;1H4;/q-1;;;. The summed E-state index contributed by atoms with van der Waals surface area (Å²) in [6, 6.07) is 16.6. The maximum Gasteiger partial charge on any atom is 0.155 e. The summed E-state index contributed by atoms with van der Waals surface area (Å²) in [6.45, 7) is 11.6. The molecule has 3 aromatic rings. The van der Waals surface area contributed by atoms with E-state index in [1.54, 1.807) is 0 Å². The minimum absolute atomic E-state index is 0. The van der Waals surface area contributed by atoms with Crippen molar-refractivity contribution in [1.29, 1.82) is 0 Å². The first-order valence-electron chi connectivity index (χ1n) is 9.98. The first kappa shape index (κ1) is 28.7. The van der Waals surface area contributed by atoms with Gasteiger partial charge in [-0.2, -0.15) is 0 Å². The second-order valence-electron chi connectivity index (χ2n) is 7.60. The number of carbonyl (C=O) groups is 1. The molecule has 1 unspecified atom stereocenters. The van der Waals surface area contributed by atoms with Crippen LogP contribution in [0, 0.1) is 19.9 Å². The Morgan fingerprint density at radius 1 is 1.16 bits per heavy atom. The molecule has 1 atom stereocenters. The van der Waals surface area contributed by atoms with Crippen LogP contribution >= 0.6 is 0 Å². The quantitative estimate of drug-likeness (QED) is 0.193. The second kappa shape index (κ2) is 13.2. The van der Waals surface area contributed by atoms with Crippen LogP contribution in [0.2, 0.25) is 0 Å². The predicted octanol–water partition coefficient (Wildman–Crippen LogP) is 7.50. The third-order valence-electron chi connectivity index (χ3n) is 4.79. The summed E-state index contributed by atoms with van der Waals surface area (Å²) >= 11 is 0. The first-order chi connectivity index (χ1) is 13.7. The van der Waals surface area contributed by atoms with Gasteiger partial charge in [0.1, 0.15) is 0 Å². The molecule has 31 heavy (non-hydrogen) atoms. The van der Waals surface area contributed by atoms with Crippen LogP contribution in [-0.4, -0.2) is 15.9 Å². The van der Waals surface area contributed by atoms with Crippen molar-refractivity contribution in [2.24, 2.45) is 0 Å². The largest absolute Gasteiger partial charge is 0.512 e. The van der Waals surface area contributed by atoms with Crippen LogP contribution in [0.25, 0.3) is 22.0 Å². The maximum atomic E-state index is 10.0. The van der Waals surface area contributed by atoms with E-state index in [0.717, 1.165) is 23.2 Å². The van der Waals surface area contributed by atoms with Crippen molar-refractivity contribution in [1.82, 2.24) is 4.98 Å². The number of carbonyl (C=O) groups excluding carboxylic acids is 1. The van der Waals surface area contributed by atoms with E-state index >= 15 is 0 Å². The Morgan fingerprint density at radius 2 is 1.84 bits per heavy atom. The van der Waals surface area contributed by atoms with Gasteiger partial charge in [0, 0.05) is 32.4 Å². The molecular weight excluding hydrogens is 563 g/mol. The molecule has 1 radical (unpaired) electrons. The van der Waals surface area contributed by atoms with Crippen LogP contribution in [0.5, 0.6) is 0 Å². The normalized spacial score (nSPS) is 11.5. The summed E-state index contributed by atoms with van der Waals surface area (Å²) in [5.41, 5.74) is 5.92. The maximum absolute atomic E-state index is 10.0. The number of hydrogen-bond donors (Lipinski definition) is 1. The number of nitrogens with zero attached hydrogens (tertiary/aromatic N) is 1. The molecule has 0 amide bonds. The minimum Gasteiger partial charge on any atom is -0.512 e. The van der Waals surface area contributed by atoms with Gasteiger partial charge in [-0.05, 0) is 54.3 Å². The first-order valence-corrected chi connectivity index (χ1v) is 9.98. The number of benzene rings is 2. The van der Waals surface area contributed by atoms with Gasteiger partial charge in [-0.25, -0.2) is 0 Å². The number of aliphatic hydroxyl groups is 1. The number of aromatic nitrogens is 1. The van der Waals surface area contributed by atoms with Crippen molar-refractivity contribution in [2.45, 2.75) is 61.3 Å². The zero-order valence-corrected chi connectivity index (χ0v) is 20.9. The third kappa shape index (κ3) is 8.39. The third-order valence-corrected chi connectivity index (χ3v) is 4.79. The van der Waals surface area contributed by atoms with Gasteiger partial charge in [-0.3, -0.25) is 4.79 Å². The second-order valence-corrected chi connectivity index (χ2v) is 7.60. The van der Waals surface area contributed by atoms with Gasteiger partial charge in [-0.15, -0.1) is 34.9 Å². The van der Waals surface area contributed by atoms with E-state index in [0.29, 0.717) is 5.92 Å². The Kier molecular flexibility index (Phi) is 12.2. The Hall–Kier alpha value is -2.29. The molecule has 1 aromatic heterocycles. The van der Waals surface area contributed by atoms with Crippen LogP contribution in [-0.2, 0) is 24.9 Å². The van der Waals surface area contributed by atoms with E-state index in [4.69, 9.17) is 5.11 Å². The van der Waals surface area contributed by atoms with Crippen molar-refractivity contribution in [2.75, 3.05) is 0 Å². The fraction of sp³-hybridized carbons (Fsp3) is 0.333. The zero-order valence-electron chi connectivity index (χ0n) is 18.5. The SMILES string of the molecule is C.CC(=O)C=C(C)O.CCC(C)c1ccc2c(-c3[c-]c(C)cc(C)c3)nccc2c1.[Ir]. The summed E-state index contributed by atoms with van der Waals surface area (Å²) in [6.07, 6.45) is 4.23. The van der Waals surface area contributed by atoms with Crippen molar-refractivity contribution in [3.05, 3.63) is 77.2 Å². The number of hydrogen-bond acceptors (Lipinski definition) is 3. The van der Waals surface area contributed by atoms with E-state index in [-0.39, 0.29) is 39.1 Å². The van der Waals surface area contributed by atoms with Gasteiger partial charge in [0.05, 0.1) is 5.76 Å². The van der Waals surface area contributed by atoms with Gasteiger partial charge in [-0.1, -0.05) is 53.3 Å². The fourth-order valence-corrected chi connectivity index (χ4v) is 3.27. The number of ketones is 1. The Morgan fingerprint density at radius 3 is 2.35 bits per heavy atom. The molecule has 0 saturated carbocycles. The van der Waals surface area contributed by atoms with Crippen LogP contribution < -0.4 is 0 Å². The molecule has 0 aliphatic heterocycles. The smallest absolute Gasteiger partial charge is 0.155 e. The van der Waals surface area contributed by atoms with Gasteiger partial charge in [0.2, 0.25) is 0 Å². The number of rotatable bonds is 4. The zero-order chi connectivity index (χ0) is 21.6. The van der Waals surface area contributed by atoms with E-state index in [9.17, 15) is 4.79 Å². The van der Waals surface area contributed by atoms with Gasteiger partial charge in [0.15, 0.2) is 5.78 Å². The number of allylic oxidation sites excluding steroid dienone is 2. The molecule has 3 nitrogen and oxygen atoms in total. The van der Waals surface area contributed by atoms with E-state index < -0.39 is 0 Å². The monoisotopic (exact) mass is 597 g/mol. The van der Waals surface area contributed by atoms with Gasteiger partial charge in [0.25, 0.3) is 0 Å². The van der Waals surface area contributed by atoms with Crippen molar-refractivity contribution in [3.8, 4) is 11.3 Å². The molecule has 0 spiro atoms. The minimum atomic E-state index is -0.125. The summed E-state index contributed by atoms with van der Waals surface area (Å²) in [4.78, 5) is 14.6. The predicted molar refractivity (Wildman–Crippen MR) is 128 cm³/mol. The van der Waals surface area contributed by atoms with Gasteiger partial charge < -0.3 is 10.1 Å². The van der Waals surface area contributed by atoms with Crippen molar-refractivity contribution >= 4 is 16.6 Å². The molecule has 2 aromatic carbocycles. The molecule has 0 aliphatic carbocycles. The number of pyridine rings is 1. The summed E-state index contributed by atoms with van der Waals surface area (Å²) < 4.78 is 0. The van der Waals surface area contributed by atoms with Crippen molar-refractivity contribution < 1.29 is 30.0 Å². The van der Waals surface area contributed by atoms with E-state index in [1.165, 1.54) is 41.8 Å². The Labute approximate surface area is 201 Å². The van der Waals surface area contributed by atoms with Crippen LogP contribution in [0.4, 0.5) is 0 Å². The molecule has 169 valence electrons. The van der Waals surface area contributed by atoms with Gasteiger partial charge >= 0.3 is 0 Å². The Bertz CT molecular complexity index is 1020. The molecule has 0 saturated heterocycles.